The summed E-state index contributed by atoms with van der Waals surface area (Å²) >= 11 is 0. The van der Waals surface area contributed by atoms with Crippen LogP contribution in [0.25, 0.3) is 11.1 Å². The third-order valence-corrected chi connectivity index (χ3v) is 5.09. The number of halogens is 1. The van der Waals surface area contributed by atoms with E-state index in [0.29, 0.717) is 0 Å². The van der Waals surface area contributed by atoms with Gasteiger partial charge in [-0.25, -0.2) is 4.39 Å². The molecule has 0 unspecified atom stereocenters. The van der Waals surface area contributed by atoms with Crippen LogP contribution in [0.2, 0.25) is 0 Å². The van der Waals surface area contributed by atoms with Gasteiger partial charge in [0.15, 0.2) is 11.6 Å². The van der Waals surface area contributed by atoms with Crippen molar-refractivity contribution in [2.75, 3.05) is 7.11 Å². The molecule has 0 saturated heterocycles. The maximum absolute atomic E-state index is 14.0. The predicted octanol–water partition coefficient (Wildman–Crippen LogP) is 4.18. The lowest BCUT2D eigenvalue weighted by molar-refractivity contribution is 0.386. The Hall–Kier alpha value is -2.18. The Morgan fingerprint density at radius 1 is 1.00 bits per heavy atom. The maximum Gasteiger partial charge on any atom is 0.294 e. The van der Waals surface area contributed by atoms with Crippen LogP contribution in [-0.4, -0.2) is 20.1 Å². The molecule has 3 rings (SSSR count). The predicted molar refractivity (Wildman–Crippen MR) is 89.9 cm³/mol. The van der Waals surface area contributed by atoms with Gasteiger partial charge in [-0.05, 0) is 65.8 Å². The summed E-state index contributed by atoms with van der Waals surface area (Å²) in [4.78, 5) is -0.137. The van der Waals surface area contributed by atoms with Crippen LogP contribution in [0.3, 0.4) is 0 Å². The van der Waals surface area contributed by atoms with Crippen molar-refractivity contribution in [1.29, 1.82) is 0 Å². The maximum atomic E-state index is 14.0. The molecule has 6 heteroatoms. The molecule has 0 fully saturated rings. The van der Waals surface area contributed by atoms with Crippen molar-refractivity contribution in [1.82, 2.24) is 0 Å². The first-order valence-electron chi connectivity index (χ1n) is 7.54. The molecular formula is C18H17FO4S. The fraction of sp³-hybridized carbons (Fsp3) is 0.222. The van der Waals surface area contributed by atoms with Crippen molar-refractivity contribution < 1.29 is 22.1 Å². The molecule has 2 aromatic carbocycles. The third-order valence-electron chi connectivity index (χ3n) is 4.22. The van der Waals surface area contributed by atoms with Gasteiger partial charge in [0.05, 0.1) is 12.0 Å². The van der Waals surface area contributed by atoms with Crippen molar-refractivity contribution >= 4 is 21.3 Å². The largest absolute Gasteiger partial charge is 0.494 e. The first kappa shape index (κ1) is 16.7. The average molecular weight is 348 g/mol. The van der Waals surface area contributed by atoms with Gasteiger partial charge < -0.3 is 4.74 Å². The van der Waals surface area contributed by atoms with E-state index in [0.717, 1.165) is 41.5 Å². The highest BCUT2D eigenvalue weighted by Gasteiger charge is 2.19. The minimum Gasteiger partial charge on any atom is -0.494 e. The Balaban J connectivity index is 2.02. The molecule has 0 bridgehead atoms. The van der Waals surface area contributed by atoms with E-state index in [2.05, 4.69) is 0 Å². The smallest absolute Gasteiger partial charge is 0.294 e. The standard InChI is InChI=1S/C18H17FO4S/c1-23-18-10-7-13(11-17(18)19)16-4-2-3-15(16)12-5-8-14(9-6-12)24(20,21)22/h5-11H,2-4H2,1H3,(H,20,21,22). The highest BCUT2D eigenvalue weighted by atomic mass is 32.2. The SMILES string of the molecule is COc1ccc(C2=C(c3ccc(S(=O)(=O)O)cc3)CCC2)cc1F. The lowest BCUT2D eigenvalue weighted by Crippen LogP contribution is -1.98. The first-order valence-corrected chi connectivity index (χ1v) is 8.98. The van der Waals surface area contributed by atoms with E-state index in [-0.39, 0.29) is 10.6 Å². The highest BCUT2D eigenvalue weighted by Crippen LogP contribution is 2.40. The van der Waals surface area contributed by atoms with Crippen LogP contribution in [0, 0.1) is 5.82 Å². The third kappa shape index (κ3) is 3.20. The summed E-state index contributed by atoms with van der Waals surface area (Å²) in [6.45, 7) is 0. The van der Waals surface area contributed by atoms with Crippen molar-refractivity contribution in [2.24, 2.45) is 0 Å². The van der Waals surface area contributed by atoms with Crippen LogP contribution >= 0.6 is 0 Å². The number of allylic oxidation sites excluding steroid dienone is 2. The van der Waals surface area contributed by atoms with Gasteiger partial charge in [0.2, 0.25) is 0 Å². The molecule has 0 atom stereocenters. The molecule has 0 aromatic heterocycles. The minimum absolute atomic E-state index is 0.137. The molecule has 1 N–H and O–H groups in total. The van der Waals surface area contributed by atoms with Crippen LogP contribution in [0.5, 0.6) is 5.75 Å². The topological polar surface area (TPSA) is 63.6 Å². The zero-order valence-electron chi connectivity index (χ0n) is 13.1. The van der Waals surface area contributed by atoms with Crippen LogP contribution < -0.4 is 4.74 Å². The van der Waals surface area contributed by atoms with Gasteiger partial charge in [-0.2, -0.15) is 8.42 Å². The number of hydrogen-bond donors (Lipinski definition) is 1. The zero-order chi connectivity index (χ0) is 17.3. The van der Waals surface area contributed by atoms with E-state index in [1.807, 2.05) is 6.07 Å². The molecule has 0 radical (unpaired) electrons. The monoisotopic (exact) mass is 348 g/mol. The van der Waals surface area contributed by atoms with Crippen LogP contribution in [0.4, 0.5) is 4.39 Å². The summed E-state index contributed by atoms with van der Waals surface area (Å²) in [5.41, 5.74) is 3.81. The Bertz CT molecular complexity index is 899. The highest BCUT2D eigenvalue weighted by molar-refractivity contribution is 7.85. The number of methoxy groups -OCH3 is 1. The van der Waals surface area contributed by atoms with Gasteiger partial charge >= 0.3 is 0 Å². The van der Waals surface area contributed by atoms with Crippen molar-refractivity contribution in [2.45, 2.75) is 24.2 Å². The lowest BCUT2D eigenvalue weighted by Gasteiger charge is -2.10. The molecule has 24 heavy (non-hydrogen) atoms. The molecule has 1 aliphatic carbocycles. The number of ether oxygens (including phenoxy) is 1. The summed E-state index contributed by atoms with van der Waals surface area (Å²) in [6, 6.07) is 11.0. The van der Waals surface area contributed by atoms with E-state index in [1.54, 1.807) is 18.2 Å². The molecule has 4 nitrogen and oxygen atoms in total. The fourth-order valence-corrected chi connectivity index (χ4v) is 3.54. The number of hydrogen-bond acceptors (Lipinski definition) is 3. The summed E-state index contributed by atoms with van der Waals surface area (Å²) in [5.74, 6) is -0.202. The second kappa shape index (κ2) is 6.37. The fourth-order valence-electron chi connectivity index (χ4n) is 3.06. The van der Waals surface area contributed by atoms with Crippen LogP contribution in [0.1, 0.15) is 30.4 Å². The number of rotatable bonds is 4. The summed E-state index contributed by atoms with van der Waals surface area (Å²) < 4.78 is 50.3. The Morgan fingerprint density at radius 2 is 1.58 bits per heavy atom. The van der Waals surface area contributed by atoms with Gasteiger partial charge in [0.1, 0.15) is 0 Å². The molecule has 0 amide bonds. The van der Waals surface area contributed by atoms with E-state index < -0.39 is 15.9 Å². The second-order valence-electron chi connectivity index (χ2n) is 5.66. The molecule has 2 aromatic rings. The molecule has 1 aliphatic rings. The molecule has 0 aliphatic heterocycles. The van der Waals surface area contributed by atoms with E-state index in [9.17, 15) is 12.8 Å². The molecule has 0 spiro atoms. The Kier molecular flexibility index (Phi) is 4.43. The second-order valence-corrected chi connectivity index (χ2v) is 7.08. The van der Waals surface area contributed by atoms with Crippen LogP contribution in [-0.2, 0) is 10.1 Å². The van der Waals surface area contributed by atoms with E-state index in [1.165, 1.54) is 25.3 Å². The zero-order valence-corrected chi connectivity index (χ0v) is 13.9. The summed E-state index contributed by atoms with van der Waals surface area (Å²) in [6.07, 6.45) is 2.63. The molecule has 126 valence electrons. The average Bonchev–Trinajstić information content (AvgIpc) is 3.03. The van der Waals surface area contributed by atoms with Crippen molar-refractivity contribution in [3.8, 4) is 5.75 Å². The van der Waals surface area contributed by atoms with Crippen molar-refractivity contribution in [3.63, 3.8) is 0 Å². The quantitative estimate of drug-likeness (QED) is 0.842. The molecule has 0 saturated carbocycles. The first-order chi connectivity index (χ1) is 11.4. The minimum atomic E-state index is -4.20. The Labute approximate surface area is 140 Å². The van der Waals surface area contributed by atoms with E-state index >= 15 is 0 Å². The summed E-state index contributed by atoms with van der Waals surface area (Å²) in [5, 5.41) is 0. The van der Waals surface area contributed by atoms with Gasteiger partial charge in [0.25, 0.3) is 10.1 Å². The Morgan fingerprint density at radius 3 is 2.12 bits per heavy atom. The van der Waals surface area contributed by atoms with Gasteiger partial charge in [-0.1, -0.05) is 18.2 Å². The number of benzene rings is 2. The lowest BCUT2D eigenvalue weighted by atomic mass is 9.97. The molecular weight excluding hydrogens is 331 g/mol. The van der Waals surface area contributed by atoms with Crippen molar-refractivity contribution in [3.05, 3.63) is 59.4 Å². The van der Waals surface area contributed by atoms with Gasteiger partial charge in [0, 0.05) is 0 Å². The van der Waals surface area contributed by atoms with Gasteiger partial charge in [-0.3, -0.25) is 4.55 Å². The molecule has 0 heterocycles. The van der Waals surface area contributed by atoms with E-state index in [4.69, 9.17) is 9.29 Å². The summed E-state index contributed by atoms with van der Waals surface area (Å²) in [7, 11) is -2.78. The van der Waals surface area contributed by atoms with Crippen LogP contribution in [0.15, 0.2) is 47.4 Å². The van der Waals surface area contributed by atoms with Gasteiger partial charge in [-0.15, -0.1) is 0 Å². The normalized spacial score (nSPS) is 15.0.